The minimum Gasteiger partial charge on any atom is -0.404 e. The lowest BCUT2D eigenvalue weighted by Gasteiger charge is -2.06. The Labute approximate surface area is 146 Å². The smallest absolute Gasteiger partial charge is 0.248 e. The number of fused-ring (bicyclic) bond motifs is 1. The molecule has 2 aromatic rings. The first-order valence-corrected chi connectivity index (χ1v) is 7.94. The zero-order chi connectivity index (χ0) is 17.6. The van der Waals surface area contributed by atoms with Crippen LogP contribution in [-0.2, 0) is 11.2 Å². The second-order valence-corrected chi connectivity index (χ2v) is 5.60. The first-order valence-electron chi connectivity index (χ1n) is 7.94. The van der Waals surface area contributed by atoms with Crippen molar-refractivity contribution in [1.29, 1.82) is 5.41 Å². The Hall–Kier alpha value is -3.41. The third-order valence-electron chi connectivity index (χ3n) is 3.99. The minimum absolute atomic E-state index is 0.228. The number of hydrogen-bond acceptors (Lipinski definition) is 5. The van der Waals surface area contributed by atoms with E-state index in [2.05, 4.69) is 15.6 Å². The van der Waals surface area contributed by atoms with Crippen LogP contribution in [0.5, 0.6) is 0 Å². The quantitative estimate of drug-likeness (QED) is 0.499. The van der Waals surface area contributed by atoms with E-state index in [-0.39, 0.29) is 5.91 Å². The number of nitrogens with zero attached hydrogens (tertiary/aromatic N) is 1. The van der Waals surface area contributed by atoms with E-state index in [0.717, 1.165) is 35.5 Å². The van der Waals surface area contributed by atoms with Gasteiger partial charge in [0.2, 0.25) is 5.91 Å². The number of allylic oxidation sites excluding steroid dienone is 1. The molecule has 3 rings (SSSR count). The Balaban J connectivity index is 1.74. The molecule has 0 spiro atoms. The third-order valence-corrected chi connectivity index (χ3v) is 3.99. The molecule has 1 aromatic carbocycles. The maximum atomic E-state index is 12.2. The molecule has 1 aliphatic heterocycles. The summed E-state index contributed by atoms with van der Waals surface area (Å²) in [4.78, 5) is 16.3. The maximum absolute atomic E-state index is 12.2. The van der Waals surface area contributed by atoms with E-state index in [9.17, 15) is 4.79 Å². The highest BCUT2D eigenvalue weighted by Crippen LogP contribution is 2.25. The Kier molecular flexibility index (Phi) is 4.89. The summed E-state index contributed by atoms with van der Waals surface area (Å²) in [7, 11) is 0. The molecule has 1 aliphatic rings. The van der Waals surface area contributed by atoms with E-state index in [1.807, 2.05) is 18.2 Å². The van der Waals surface area contributed by atoms with Crippen molar-refractivity contribution in [3.8, 4) is 0 Å². The van der Waals surface area contributed by atoms with Crippen molar-refractivity contribution < 1.29 is 4.79 Å². The van der Waals surface area contributed by atoms with Gasteiger partial charge >= 0.3 is 0 Å². The van der Waals surface area contributed by atoms with Crippen LogP contribution in [-0.4, -0.2) is 23.7 Å². The predicted octanol–water partition coefficient (Wildman–Crippen LogP) is 2.65. The van der Waals surface area contributed by atoms with E-state index in [0.29, 0.717) is 5.57 Å². The molecule has 0 atom stereocenters. The normalized spacial score (nSPS) is 13.4. The second kappa shape index (κ2) is 7.44. The molecule has 0 unspecified atom stereocenters. The third kappa shape index (κ3) is 3.74. The van der Waals surface area contributed by atoms with Gasteiger partial charge in [-0.15, -0.1) is 0 Å². The van der Waals surface area contributed by atoms with E-state index in [1.54, 1.807) is 24.5 Å². The second-order valence-electron chi connectivity index (χ2n) is 5.60. The number of aromatic nitrogens is 1. The maximum Gasteiger partial charge on any atom is 0.248 e. The number of rotatable bonds is 5. The summed E-state index contributed by atoms with van der Waals surface area (Å²) in [5.74, 6) is -0.228. The van der Waals surface area contributed by atoms with Crippen molar-refractivity contribution in [2.45, 2.75) is 6.42 Å². The van der Waals surface area contributed by atoms with Crippen LogP contribution in [0.2, 0.25) is 0 Å². The Morgan fingerprint density at radius 2 is 2.24 bits per heavy atom. The number of nitrogens with two attached hydrogens (primary N) is 1. The molecule has 0 fully saturated rings. The molecule has 6 heteroatoms. The van der Waals surface area contributed by atoms with Gasteiger partial charge in [0, 0.05) is 59.9 Å². The molecule has 6 nitrogen and oxygen atoms in total. The van der Waals surface area contributed by atoms with Crippen molar-refractivity contribution in [2.75, 3.05) is 17.2 Å². The number of nitrogens with one attached hydrogen (secondary N) is 3. The summed E-state index contributed by atoms with van der Waals surface area (Å²) >= 11 is 0. The van der Waals surface area contributed by atoms with Gasteiger partial charge in [0.15, 0.2) is 0 Å². The van der Waals surface area contributed by atoms with Gasteiger partial charge in [0.25, 0.3) is 0 Å². The standard InChI is InChI=1S/C19H19N5O/c20-10-15(11-21)17-6-7-22-12-14(17)1-4-19(25)24-16-2-3-18-13(9-16)5-8-23-18/h1-4,6-7,9-12,20,23H,5,8,21H2,(H,24,25)/b4-1+,15-11+,20-10?. The lowest BCUT2D eigenvalue weighted by molar-refractivity contribution is -0.111. The van der Waals surface area contributed by atoms with Gasteiger partial charge in [0.1, 0.15) is 0 Å². The SMILES string of the molecule is N=C/C(=C\N)c1ccncc1/C=C/C(=O)Nc1ccc2c(c1)CCN2. The highest BCUT2D eigenvalue weighted by Gasteiger charge is 2.10. The lowest BCUT2D eigenvalue weighted by Crippen LogP contribution is -2.08. The highest BCUT2D eigenvalue weighted by atomic mass is 16.1. The zero-order valence-corrected chi connectivity index (χ0v) is 13.6. The van der Waals surface area contributed by atoms with E-state index in [4.69, 9.17) is 11.1 Å². The van der Waals surface area contributed by atoms with Crippen LogP contribution in [0.3, 0.4) is 0 Å². The summed E-state index contributed by atoms with van der Waals surface area (Å²) in [5, 5.41) is 13.6. The van der Waals surface area contributed by atoms with Crippen molar-refractivity contribution in [3.63, 3.8) is 0 Å². The fraction of sp³-hybridized carbons (Fsp3) is 0.105. The fourth-order valence-electron chi connectivity index (χ4n) is 2.75. The zero-order valence-electron chi connectivity index (χ0n) is 13.6. The fourth-order valence-corrected chi connectivity index (χ4v) is 2.75. The van der Waals surface area contributed by atoms with E-state index < -0.39 is 0 Å². The molecular formula is C19H19N5O. The van der Waals surface area contributed by atoms with Crippen LogP contribution in [0.4, 0.5) is 11.4 Å². The monoisotopic (exact) mass is 333 g/mol. The summed E-state index contributed by atoms with van der Waals surface area (Å²) in [6.45, 7) is 0.931. The van der Waals surface area contributed by atoms with Crippen LogP contribution in [0.25, 0.3) is 11.6 Å². The molecule has 0 radical (unpaired) electrons. The van der Waals surface area contributed by atoms with Gasteiger partial charge in [-0.3, -0.25) is 9.78 Å². The lowest BCUT2D eigenvalue weighted by atomic mass is 10.0. The largest absolute Gasteiger partial charge is 0.404 e. The van der Waals surface area contributed by atoms with Crippen LogP contribution in [0.15, 0.2) is 48.9 Å². The van der Waals surface area contributed by atoms with Crippen LogP contribution in [0.1, 0.15) is 16.7 Å². The number of anilines is 2. The summed E-state index contributed by atoms with van der Waals surface area (Å²) in [6, 6.07) is 7.60. The van der Waals surface area contributed by atoms with Gasteiger partial charge in [-0.25, -0.2) is 0 Å². The van der Waals surface area contributed by atoms with Crippen molar-refractivity contribution in [2.24, 2.45) is 5.73 Å². The Bertz CT molecular complexity index is 870. The van der Waals surface area contributed by atoms with E-state index in [1.165, 1.54) is 24.1 Å². The van der Waals surface area contributed by atoms with Gasteiger partial charge in [-0.1, -0.05) is 0 Å². The number of amides is 1. The van der Waals surface area contributed by atoms with Crippen molar-refractivity contribution in [3.05, 3.63) is 65.6 Å². The number of carbonyl (C=O) groups is 1. The van der Waals surface area contributed by atoms with Gasteiger partial charge in [-0.2, -0.15) is 0 Å². The molecule has 5 N–H and O–H groups in total. The number of hydrogen-bond donors (Lipinski definition) is 4. The van der Waals surface area contributed by atoms with Crippen LogP contribution in [0, 0.1) is 5.41 Å². The number of benzene rings is 1. The molecule has 0 aliphatic carbocycles. The summed E-state index contributed by atoms with van der Waals surface area (Å²) in [5.41, 5.74) is 10.7. The topological polar surface area (TPSA) is 104 Å². The molecule has 1 amide bonds. The van der Waals surface area contributed by atoms with Crippen LogP contribution >= 0.6 is 0 Å². The summed E-state index contributed by atoms with van der Waals surface area (Å²) in [6.07, 6.45) is 9.87. The first-order chi connectivity index (χ1) is 12.2. The van der Waals surface area contributed by atoms with E-state index >= 15 is 0 Å². The van der Waals surface area contributed by atoms with Crippen molar-refractivity contribution in [1.82, 2.24) is 4.98 Å². The predicted molar refractivity (Wildman–Crippen MR) is 101 cm³/mol. The summed E-state index contributed by atoms with van der Waals surface area (Å²) < 4.78 is 0. The molecule has 1 aromatic heterocycles. The molecule has 2 heterocycles. The molecule has 0 bridgehead atoms. The molecule has 0 saturated carbocycles. The van der Waals surface area contributed by atoms with Gasteiger partial charge in [-0.05, 0) is 47.9 Å². The van der Waals surface area contributed by atoms with Gasteiger partial charge in [0.05, 0.1) is 0 Å². The average Bonchev–Trinajstić information content (AvgIpc) is 3.10. The number of carbonyl (C=O) groups excluding carboxylic acids is 1. The highest BCUT2D eigenvalue weighted by molar-refractivity contribution is 6.10. The Morgan fingerprint density at radius 3 is 3.04 bits per heavy atom. The first kappa shape index (κ1) is 16.4. The van der Waals surface area contributed by atoms with Gasteiger partial charge < -0.3 is 21.8 Å². The average molecular weight is 333 g/mol. The Morgan fingerprint density at radius 1 is 1.36 bits per heavy atom. The molecule has 0 saturated heterocycles. The number of pyridine rings is 1. The van der Waals surface area contributed by atoms with Crippen LogP contribution < -0.4 is 16.4 Å². The molecular weight excluding hydrogens is 314 g/mol. The minimum atomic E-state index is -0.228. The molecule has 25 heavy (non-hydrogen) atoms. The molecule has 126 valence electrons. The van der Waals surface area contributed by atoms with Crippen molar-refractivity contribution >= 4 is 35.1 Å².